The van der Waals surface area contributed by atoms with E-state index in [0.717, 1.165) is 11.1 Å². The van der Waals surface area contributed by atoms with E-state index in [1.165, 1.54) is 49.6 Å². The number of halogens is 1. The van der Waals surface area contributed by atoms with Gasteiger partial charge in [-0.3, -0.25) is 4.79 Å². The largest absolute Gasteiger partial charge is 0.493 e. The van der Waals surface area contributed by atoms with E-state index in [2.05, 4.69) is 15.2 Å². The van der Waals surface area contributed by atoms with E-state index >= 15 is 0 Å². The fraction of sp³-hybridized carbons (Fsp3) is 0.120. The average Bonchev–Trinajstić information content (AvgIpc) is 2.84. The number of rotatable bonds is 6. The van der Waals surface area contributed by atoms with E-state index in [-0.39, 0.29) is 21.6 Å². The van der Waals surface area contributed by atoms with Crippen LogP contribution in [0, 0.1) is 19.7 Å². The SMILES string of the molecule is COc1cccc2cc(C(=O)Nc3ccc(F)cc3)/c(=N/NS(=O)(=O)c3ccc(C)c(C)c3)oc12. The predicted octanol–water partition coefficient (Wildman–Crippen LogP) is 4.24. The quantitative estimate of drug-likeness (QED) is 0.389. The van der Waals surface area contributed by atoms with Gasteiger partial charge in [-0.25, -0.2) is 4.39 Å². The minimum Gasteiger partial charge on any atom is -0.493 e. The summed E-state index contributed by atoms with van der Waals surface area (Å²) in [5, 5.41) is 7.09. The van der Waals surface area contributed by atoms with Gasteiger partial charge in [-0.2, -0.15) is 13.2 Å². The fourth-order valence-corrected chi connectivity index (χ4v) is 4.19. The van der Waals surface area contributed by atoms with Crippen molar-refractivity contribution in [3.63, 3.8) is 0 Å². The molecule has 3 aromatic carbocycles. The minimum atomic E-state index is -4.05. The number of sulfonamides is 1. The van der Waals surface area contributed by atoms with Crippen LogP contribution < -0.4 is 20.4 Å². The Morgan fingerprint density at radius 3 is 2.43 bits per heavy atom. The summed E-state index contributed by atoms with van der Waals surface area (Å²) >= 11 is 0. The Morgan fingerprint density at radius 2 is 1.74 bits per heavy atom. The zero-order valence-electron chi connectivity index (χ0n) is 19.1. The summed E-state index contributed by atoms with van der Waals surface area (Å²) in [7, 11) is -2.60. The van der Waals surface area contributed by atoms with Crippen molar-refractivity contribution in [3.8, 4) is 5.75 Å². The van der Waals surface area contributed by atoms with Gasteiger partial charge in [-0.1, -0.05) is 18.2 Å². The van der Waals surface area contributed by atoms with Crippen molar-refractivity contribution < 1.29 is 26.8 Å². The Labute approximate surface area is 201 Å². The highest BCUT2D eigenvalue weighted by Crippen LogP contribution is 2.25. The number of hydrogen-bond acceptors (Lipinski definition) is 6. The van der Waals surface area contributed by atoms with Crippen LogP contribution in [-0.4, -0.2) is 21.4 Å². The van der Waals surface area contributed by atoms with Gasteiger partial charge in [0.25, 0.3) is 15.9 Å². The molecule has 0 aliphatic heterocycles. The molecule has 0 saturated heterocycles. The third-order valence-corrected chi connectivity index (χ3v) is 6.57. The summed E-state index contributed by atoms with van der Waals surface area (Å²) < 4.78 is 50.1. The van der Waals surface area contributed by atoms with Crippen LogP contribution in [0.2, 0.25) is 0 Å². The van der Waals surface area contributed by atoms with E-state index in [4.69, 9.17) is 9.15 Å². The Hall–Kier alpha value is -4.18. The van der Waals surface area contributed by atoms with Gasteiger partial charge in [0, 0.05) is 11.1 Å². The molecule has 4 aromatic rings. The van der Waals surface area contributed by atoms with Crippen molar-refractivity contribution >= 4 is 32.6 Å². The van der Waals surface area contributed by atoms with Crippen molar-refractivity contribution in [1.29, 1.82) is 0 Å². The van der Waals surface area contributed by atoms with E-state index < -0.39 is 21.7 Å². The molecule has 10 heteroatoms. The monoisotopic (exact) mass is 495 g/mol. The molecule has 1 amide bonds. The molecule has 0 bridgehead atoms. The normalized spacial score (nSPS) is 11.9. The molecule has 0 atom stereocenters. The zero-order chi connectivity index (χ0) is 25.2. The maximum absolute atomic E-state index is 13.2. The highest BCUT2D eigenvalue weighted by molar-refractivity contribution is 7.89. The Balaban J connectivity index is 1.80. The number of nitrogens with zero attached hydrogens (tertiary/aromatic N) is 1. The van der Waals surface area contributed by atoms with Crippen molar-refractivity contribution in [1.82, 2.24) is 4.83 Å². The van der Waals surface area contributed by atoms with Crippen LogP contribution in [0.1, 0.15) is 21.5 Å². The number of amides is 1. The molecule has 0 spiro atoms. The summed E-state index contributed by atoms with van der Waals surface area (Å²) in [6.45, 7) is 3.67. The van der Waals surface area contributed by atoms with Gasteiger partial charge in [0.1, 0.15) is 11.4 Å². The molecule has 0 aliphatic carbocycles. The number of hydrogen-bond donors (Lipinski definition) is 2. The number of methoxy groups -OCH3 is 1. The molecule has 35 heavy (non-hydrogen) atoms. The maximum Gasteiger partial charge on any atom is 0.276 e. The molecule has 8 nitrogen and oxygen atoms in total. The second kappa shape index (κ2) is 9.59. The lowest BCUT2D eigenvalue weighted by Gasteiger charge is -2.09. The maximum atomic E-state index is 13.2. The van der Waals surface area contributed by atoms with Gasteiger partial charge in [0.2, 0.25) is 5.55 Å². The highest BCUT2D eigenvalue weighted by Gasteiger charge is 2.18. The first-order valence-corrected chi connectivity index (χ1v) is 12.0. The van der Waals surface area contributed by atoms with Gasteiger partial charge in [0.05, 0.1) is 12.0 Å². The van der Waals surface area contributed by atoms with Crippen molar-refractivity contribution in [2.24, 2.45) is 5.10 Å². The first-order valence-electron chi connectivity index (χ1n) is 10.5. The second-order valence-electron chi connectivity index (χ2n) is 7.76. The molecule has 1 aromatic heterocycles. The number of aryl methyl sites for hydroxylation is 2. The number of carbonyl (C=O) groups is 1. The van der Waals surface area contributed by atoms with Crippen LogP contribution in [0.5, 0.6) is 5.75 Å². The zero-order valence-corrected chi connectivity index (χ0v) is 19.9. The van der Waals surface area contributed by atoms with Gasteiger partial charge in [0.15, 0.2) is 11.3 Å². The molecule has 0 saturated carbocycles. The molecule has 0 radical (unpaired) electrons. The number of para-hydroxylation sites is 1. The topological polar surface area (TPSA) is 110 Å². The van der Waals surface area contributed by atoms with Crippen molar-refractivity contribution in [3.05, 3.63) is 94.8 Å². The van der Waals surface area contributed by atoms with E-state index in [1.807, 2.05) is 6.92 Å². The van der Waals surface area contributed by atoms with Crippen molar-refractivity contribution in [2.45, 2.75) is 18.7 Å². The summed E-state index contributed by atoms with van der Waals surface area (Å²) in [6, 6.07) is 16.5. The van der Waals surface area contributed by atoms with Crippen LogP contribution in [0.15, 0.2) is 81.1 Å². The van der Waals surface area contributed by atoms with Crippen LogP contribution in [0.3, 0.4) is 0 Å². The van der Waals surface area contributed by atoms with Crippen LogP contribution >= 0.6 is 0 Å². The van der Waals surface area contributed by atoms with Gasteiger partial charge in [-0.15, -0.1) is 5.10 Å². The Kier molecular flexibility index (Phi) is 6.57. The molecule has 0 unspecified atom stereocenters. The number of nitrogens with one attached hydrogen (secondary N) is 2. The molecular weight excluding hydrogens is 473 g/mol. The third-order valence-electron chi connectivity index (χ3n) is 5.36. The predicted molar refractivity (Wildman–Crippen MR) is 129 cm³/mol. The smallest absolute Gasteiger partial charge is 0.276 e. The van der Waals surface area contributed by atoms with E-state index in [0.29, 0.717) is 16.8 Å². The van der Waals surface area contributed by atoms with Crippen molar-refractivity contribution in [2.75, 3.05) is 12.4 Å². The summed E-state index contributed by atoms with van der Waals surface area (Å²) in [5.41, 5.74) is 2.03. The highest BCUT2D eigenvalue weighted by atomic mass is 32.2. The molecule has 1 heterocycles. The van der Waals surface area contributed by atoms with Gasteiger partial charge in [-0.05, 0) is 73.5 Å². The Morgan fingerprint density at radius 1 is 1.00 bits per heavy atom. The fourth-order valence-electron chi connectivity index (χ4n) is 3.30. The molecule has 0 aliphatic rings. The number of fused-ring (bicyclic) bond motifs is 1. The molecule has 0 fully saturated rings. The first kappa shape index (κ1) is 24.0. The minimum absolute atomic E-state index is 0.0139. The number of carbonyl (C=O) groups excluding carboxylic acids is 1. The molecule has 2 N–H and O–H groups in total. The molecule has 4 rings (SSSR count). The van der Waals surface area contributed by atoms with E-state index in [9.17, 15) is 17.6 Å². The van der Waals surface area contributed by atoms with Crippen LogP contribution in [0.25, 0.3) is 11.0 Å². The second-order valence-corrected chi connectivity index (χ2v) is 9.42. The summed E-state index contributed by atoms with van der Waals surface area (Å²) in [4.78, 5) is 15.2. The average molecular weight is 496 g/mol. The number of anilines is 1. The van der Waals surface area contributed by atoms with Crippen LogP contribution in [-0.2, 0) is 10.0 Å². The number of ether oxygens (including phenoxy) is 1. The van der Waals surface area contributed by atoms with Gasteiger partial charge < -0.3 is 14.5 Å². The standard InChI is InChI=1S/C25H22FN3O5S/c1-15-7-12-20(13-16(15)2)35(31,32)29-28-25-21(24(30)27-19-10-8-18(26)9-11-19)14-17-5-4-6-22(33-3)23(17)34-25/h4-14,29H,1-3H3,(H,27,30)/b28-25-. The van der Waals surface area contributed by atoms with Crippen LogP contribution in [0.4, 0.5) is 10.1 Å². The molecular formula is C25H22FN3O5S. The summed E-state index contributed by atoms with van der Waals surface area (Å²) in [5.74, 6) is -0.706. The van der Waals surface area contributed by atoms with Gasteiger partial charge >= 0.3 is 0 Å². The lowest BCUT2D eigenvalue weighted by Crippen LogP contribution is -2.27. The Bertz CT molecular complexity index is 1600. The number of benzene rings is 3. The third kappa shape index (κ3) is 5.17. The van der Waals surface area contributed by atoms with E-state index in [1.54, 1.807) is 31.2 Å². The molecule has 180 valence electrons. The first-order chi connectivity index (χ1) is 16.7. The lowest BCUT2D eigenvalue weighted by molar-refractivity contribution is 0.102. The summed E-state index contributed by atoms with van der Waals surface area (Å²) in [6.07, 6.45) is 0. The lowest BCUT2D eigenvalue weighted by atomic mass is 10.1.